The summed E-state index contributed by atoms with van der Waals surface area (Å²) in [5.41, 5.74) is 6.37. The monoisotopic (exact) mass is 305 g/mol. The molecule has 3 N–H and O–H groups in total. The van der Waals surface area contributed by atoms with Crippen LogP contribution in [0.3, 0.4) is 0 Å². The molecule has 110 valence electrons. The highest BCUT2D eigenvalue weighted by molar-refractivity contribution is 7.14. The van der Waals surface area contributed by atoms with Crippen molar-refractivity contribution in [3.63, 3.8) is 0 Å². The average molecular weight is 305 g/mol. The Balaban J connectivity index is 2.16. The van der Waals surface area contributed by atoms with Crippen LogP contribution in [-0.2, 0) is 13.0 Å². The standard InChI is InChI=1S/C15H15NO4S/c1-2-11-7-12(13(21-11)15(18)19)20-8-9-4-3-5-10(6-9)14(16)17/h3-7H,2,8H2,1H3,(H2,16,17)(H,18,19). The fraction of sp³-hybridized carbons (Fsp3) is 0.200. The van der Waals surface area contributed by atoms with E-state index in [4.69, 9.17) is 15.6 Å². The maximum Gasteiger partial charge on any atom is 0.349 e. The van der Waals surface area contributed by atoms with E-state index in [1.54, 1.807) is 30.3 Å². The number of carbonyl (C=O) groups is 2. The topological polar surface area (TPSA) is 89.6 Å². The Kier molecular flexibility index (Phi) is 4.59. The average Bonchev–Trinajstić information content (AvgIpc) is 2.89. The van der Waals surface area contributed by atoms with Crippen molar-refractivity contribution in [3.8, 4) is 5.75 Å². The number of hydrogen-bond donors (Lipinski definition) is 2. The van der Waals surface area contributed by atoms with Crippen molar-refractivity contribution < 1.29 is 19.4 Å². The van der Waals surface area contributed by atoms with Crippen LogP contribution in [-0.4, -0.2) is 17.0 Å². The predicted molar refractivity (Wildman–Crippen MR) is 79.9 cm³/mol. The van der Waals surface area contributed by atoms with Crippen LogP contribution in [0.15, 0.2) is 30.3 Å². The summed E-state index contributed by atoms with van der Waals surface area (Å²) in [6.07, 6.45) is 0.755. The van der Waals surface area contributed by atoms with Crippen molar-refractivity contribution in [1.82, 2.24) is 0 Å². The minimum Gasteiger partial charge on any atom is -0.487 e. The van der Waals surface area contributed by atoms with Crippen LogP contribution in [0.5, 0.6) is 5.75 Å². The first-order valence-corrected chi connectivity index (χ1v) is 7.20. The lowest BCUT2D eigenvalue weighted by molar-refractivity contribution is 0.0697. The molecule has 6 heteroatoms. The number of thiophene rings is 1. The van der Waals surface area contributed by atoms with Crippen LogP contribution >= 0.6 is 11.3 Å². The molecule has 1 amide bonds. The first-order valence-electron chi connectivity index (χ1n) is 6.38. The molecule has 0 aliphatic carbocycles. The molecule has 1 aromatic heterocycles. The van der Waals surface area contributed by atoms with E-state index in [2.05, 4.69) is 0 Å². The van der Waals surface area contributed by atoms with Gasteiger partial charge in [0.2, 0.25) is 5.91 Å². The van der Waals surface area contributed by atoms with E-state index in [1.807, 2.05) is 6.92 Å². The molecule has 0 atom stereocenters. The SMILES string of the molecule is CCc1cc(OCc2cccc(C(N)=O)c2)c(C(=O)O)s1. The minimum absolute atomic E-state index is 0.182. The largest absolute Gasteiger partial charge is 0.487 e. The molecular formula is C15H15NO4S. The molecule has 21 heavy (non-hydrogen) atoms. The highest BCUT2D eigenvalue weighted by Gasteiger charge is 2.16. The van der Waals surface area contributed by atoms with Crippen LogP contribution in [0.25, 0.3) is 0 Å². The lowest BCUT2D eigenvalue weighted by atomic mass is 10.1. The first-order chi connectivity index (χ1) is 10.0. The molecule has 2 rings (SSSR count). The third kappa shape index (κ3) is 3.61. The van der Waals surface area contributed by atoms with Crippen molar-refractivity contribution >= 4 is 23.2 Å². The predicted octanol–water partition coefficient (Wildman–Crippen LogP) is 2.69. The Morgan fingerprint density at radius 2 is 2.10 bits per heavy atom. The minimum atomic E-state index is -0.999. The van der Waals surface area contributed by atoms with E-state index in [-0.39, 0.29) is 11.5 Å². The Labute approximate surface area is 126 Å². The number of primary amides is 1. The van der Waals surface area contributed by atoms with Gasteiger partial charge in [0.15, 0.2) is 4.88 Å². The van der Waals surface area contributed by atoms with Gasteiger partial charge in [0.25, 0.3) is 0 Å². The van der Waals surface area contributed by atoms with Gasteiger partial charge in [-0.1, -0.05) is 19.1 Å². The first kappa shape index (κ1) is 15.1. The molecule has 0 aliphatic rings. The summed E-state index contributed by atoms with van der Waals surface area (Å²) in [5.74, 6) is -1.15. The van der Waals surface area contributed by atoms with Gasteiger partial charge < -0.3 is 15.6 Å². The molecule has 0 radical (unpaired) electrons. The van der Waals surface area contributed by atoms with Gasteiger partial charge in [-0.05, 0) is 30.2 Å². The van der Waals surface area contributed by atoms with Gasteiger partial charge in [0.1, 0.15) is 12.4 Å². The third-order valence-electron chi connectivity index (χ3n) is 2.90. The molecule has 0 saturated heterocycles. The van der Waals surface area contributed by atoms with Crippen LogP contribution in [0, 0.1) is 0 Å². The molecule has 1 aromatic carbocycles. The van der Waals surface area contributed by atoms with Crippen molar-refractivity contribution in [2.75, 3.05) is 0 Å². The number of amides is 1. The maximum absolute atomic E-state index is 11.2. The van der Waals surface area contributed by atoms with E-state index < -0.39 is 11.9 Å². The number of nitrogens with two attached hydrogens (primary N) is 1. The highest BCUT2D eigenvalue weighted by Crippen LogP contribution is 2.30. The number of carbonyl (C=O) groups excluding carboxylic acids is 1. The van der Waals surface area contributed by atoms with Crippen molar-refractivity contribution in [2.24, 2.45) is 5.73 Å². The lowest BCUT2D eigenvalue weighted by Crippen LogP contribution is -2.11. The van der Waals surface area contributed by atoms with Crippen molar-refractivity contribution in [2.45, 2.75) is 20.0 Å². The summed E-state index contributed by atoms with van der Waals surface area (Å²) in [4.78, 5) is 23.4. The molecule has 5 nitrogen and oxygen atoms in total. The number of benzene rings is 1. The summed E-state index contributed by atoms with van der Waals surface area (Å²) in [7, 11) is 0. The number of aromatic carboxylic acids is 1. The second-order valence-electron chi connectivity index (χ2n) is 4.42. The van der Waals surface area contributed by atoms with Gasteiger partial charge in [0, 0.05) is 10.4 Å². The van der Waals surface area contributed by atoms with Gasteiger partial charge >= 0.3 is 5.97 Å². The molecular weight excluding hydrogens is 290 g/mol. The zero-order valence-electron chi connectivity index (χ0n) is 11.5. The second-order valence-corrected chi connectivity index (χ2v) is 5.55. The van der Waals surface area contributed by atoms with E-state index >= 15 is 0 Å². The summed E-state index contributed by atoms with van der Waals surface area (Å²) in [5, 5.41) is 9.16. The van der Waals surface area contributed by atoms with Crippen LogP contribution in [0.4, 0.5) is 0 Å². The normalized spacial score (nSPS) is 10.3. The summed E-state index contributed by atoms with van der Waals surface area (Å²) >= 11 is 1.21. The van der Waals surface area contributed by atoms with Gasteiger partial charge in [-0.2, -0.15) is 0 Å². The number of rotatable bonds is 6. The zero-order chi connectivity index (χ0) is 15.4. The number of hydrogen-bond acceptors (Lipinski definition) is 4. The molecule has 2 aromatic rings. The van der Waals surface area contributed by atoms with Crippen LogP contribution in [0.2, 0.25) is 0 Å². The molecule has 0 aliphatic heterocycles. The van der Waals surface area contributed by atoms with Crippen LogP contribution < -0.4 is 10.5 Å². The molecule has 0 unspecified atom stereocenters. The highest BCUT2D eigenvalue weighted by atomic mass is 32.1. The second kappa shape index (κ2) is 6.41. The third-order valence-corrected chi connectivity index (χ3v) is 4.15. The van der Waals surface area contributed by atoms with Crippen molar-refractivity contribution in [1.29, 1.82) is 0 Å². The number of carboxylic acids is 1. The van der Waals surface area contributed by atoms with Gasteiger partial charge in [-0.15, -0.1) is 11.3 Å². The molecule has 0 saturated carbocycles. The fourth-order valence-electron chi connectivity index (χ4n) is 1.83. The number of aryl methyl sites for hydroxylation is 1. The smallest absolute Gasteiger partial charge is 0.349 e. The zero-order valence-corrected chi connectivity index (χ0v) is 12.3. The van der Waals surface area contributed by atoms with E-state index in [0.717, 1.165) is 16.9 Å². The molecule has 0 spiro atoms. The molecule has 0 fully saturated rings. The van der Waals surface area contributed by atoms with Gasteiger partial charge in [-0.25, -0.2) is 4.79 Å². The van der Waals surface area contributed by atoms with Gasteiger partial charge in [0.05, 0.1) is 0 Å². The summed E-state index contributed by atoms with van der Waals surface area (Å²) in [6, 6.07) is 8.50. The van der Waals surface area contributed by atoms with Gasteiger partial charge in [-0.3, -0.25) is 4.79 Å². The van der Waals surface area contributed by atoms with E-state index in [9.17, 15) is 9.59 Å². The lowest BCUT2D eigenvalue weighted by Gasteiger charge is -2.06. The Morgan fingerprint density at radius 1 is 1.33 bits per heavy atom. The molecule has 1 heterocycles. The summed E-state index contributed by atoms with van der Waals surface area (Å²) < 4.78 is 5.58. The summed E-state index contributed by atoms with van der Waals surface area (Å²) in [6.45, 7) is 2.14. The van der Waals surface area contributed by atoms with Crippen LogP contribution in [0.1, 0.15) is 37.4 Å². The quantitative estimate of drug-likeness (QED) is 0.858. The van der Waals surface area contributed by atoms with E-state index in [1.165, 1.54) is 11.3 Å². The number of ether oxygens (including phenoxy) is 1. The Morgan fingerprint density at radius 3 is 2.71 bits per heavy atom. The van der Waals surface area contributed by atoms with Crippen molar-refractivity contribution in [3.05, 3.63) is 51.2 Å². The number of carboxylic acid groups (broad SMARTS) is 1. The Hall–Kier alpha value is -2.34. The van der Waals surface area contributed by atoms with E-state index in [0.29, 0.717) is 11.3 Å². The Bertz CT molecular complexity index is 678. The molecule has 0 bridgehead atoms. The fourth-order valence-corrected chi connectivity index (χ4v) is 2.71. The maximum atomic E-state index is 11.2.